The molecule has 0 aromatic heterocycles. The maximum Gasteiger partial charge on any atom is 0.281 e. The number of phenolic OH excluding ortho intramolecular Hbond substituents is 1. The monoisotopic (exact) mass is 292 g/mol. The Bertz CT molecular complexity index is 687. The number of fused-ring (bicyclic) bond motifs is 1. The quantitative estimate of drug-likeness (QED) is 0.869. The first kappa shape index (κ1) is 12.9. The van der Waals surface area contributed by atoms with Gasteiger partial charge in [0, 0.05) is 5.56 Å². The molecule has 0 aliphatic carbocycles. The van der Waals surface area contributed by atoms with Gasteiger partial charge in [-0.2, -0.15) is 4.39 Å². The Labute approximate surface area is 119 Å². The van der Waals surface area contributed by atoms with Crippen molar-refractivity contribution in [2.24, 2.45) is 0 Å². The smallest absolute Gasteiger partial charge is 0.281 e. The summed E-state index contributed by atoms with van der Waals surface area (Å²) < 4.78 is 20.2. The fraction of sp³-hybridized carbons (Fsp3) is 0.133. The Kier molecular flexibility index (Phi) is 2.91. The molecule has 1 unspecified atom stereocenters. The van der Waals surface area contributed by atoms with E-state index in [0.29, 0.717) is 0 Å². The summed E-state index contributed by atoms with van der Waals surface area (Å²) in [4.78, 5) is 12.1. The second-order valence-corrected chi connectivity index (χ2v) is 4.95. The van der Waals surface area contributed by atoms with E-state index in [9.17, 15) is 14.3 Å². The molecule has 0 fully saturated rings. The van der Waals surface area contributed by atoms with Crippen LogP contribution in [0.2, 0.25) is 5.02 Å². The molecular formula is C15H10ClFO3. The summed E-state index contributed by atoms with van der Waals surface area (Å²) in [5.41, 5.74) is 0.291. The first-order chi connectivity index (χ1) is 9.51. The number of hydrogen-bond acceptors (Lipinski definition) is 3. The first-order valence-corrected chi connectivity index (χ1v) is 6.37. The highest BCUT2D eigenvalue weighted by atomic mass is 35.5. The Morgan fingerprint density at radius 3 is 2.60 bits per heavy atom. The maximum absolute atomic E-state index is 14.9. The van der Waals surface area contributed by atoms with Crippen LogP contribution in [0.3, 0.4) is 0 Å². The zero-order chi connectivity index (χ0) is 14.3. The van der Waals surface area contributed by atoms with Gasteiger partial charge >= 0.3 is 0 Å². The van der Waals surface area contributed by atoms with Crippen LogP contribution >= 0.6 is 11.6 Å². The molecule has 20 heavy (non-hydrogen) atoms. The molecule has 5 heteroatoms. The SMILES string of the molecule is O=C1CC(F)(c2ccccc2)Oc2ccc(O)c(Cl)c21. The van der Waals surface area contributed by atoms with E-state index in [0.717, 1.165) is 0 Å². The van der Waals surface area contributed by atoms with Crippen LogP contribution < -0.4 is 4.74 Å². The van der Waals surface area contributed by atoms with Crippen molar-refractivity contribution in [3.8, 4) is 11.5 Å². The first-order valence-electron chi connectivity index (χ1n) is 5.99. The van der Waals surface area contributed by atoms with Crippen molar-refractivity contribution in [2.75, 3.05) is 0 Å². The minimum absolute atomic E-state index is 0.0240. The van der Waals surface area contributed by atoms with E-state index in [1.165, 1.54) is 12.1 Å². The fourth-order valence-corrected chi connectivity index (χ4v) is 2.51. The van der Waals surface area contributed by atoms with Crippen LogP contribution in [-0.2, 0) is 5.85 Å². The van der Waals surface area contributed by atoms with Gasteiger partial charge in [-0.1, -0.05) is 41.9 Å². The lowest BCUT2D eigenvalue weighted by molar-refractivity contribution is -0.0745. The molecule has 1 heterocycles. The molecule has 1 aliphatic rings. The normalized spacial score (nSPS) is 21.2. The second-order valence-electron chi connectivity index (χ2n) is 4.57. The van der Waals surface area contributed by atoms with Gasteiger partial charge in [-0.05, 0) is 12.1 Å². The predicted molar refractivity (Wildman–Crippen MR) is 71.9 cm³/mol. The molecule has 2 aromatic carbocycles. The largest absolute Gasteiger partial charge is 0.506 e. The molecule has 0 saturated carbocycles. The number of carbonyl (C=O) groups is 1. The number of hydrogen-bond donors (Lipinski definition) is 1. The van der Waals surface area contributed by atoms with Crippen LogP contribution in [0.25, 0.3) is 0 Å². The third-order valence-electron chi connectivity index (χ3n) is 3.23. The van der Waals surface area contributed by atoms with Crippen LogP contribution in [0.15, 0.2) is 42.5 Å². The average Bonchev–Trinajstić information content (AvgIpc) is 2.43. The molecule has 0 bridgehead atoms. The number of phenols is 1. The van der Waals surface area contributed by atoms with Crippen molar-refractivity contribution in [3.05, 3.63) is 58.6 Å². The molecule has 102 valence electrons. The molecule has 1 atom stereocenters. The summed E-state index contributed by atoms with van der Waals surface area (Å²) in [6.45, 7) is 0. The lowest BCUT2D eigenvalue weighted by atomic mass is 9.94. The lowest BCUT2D eigenvalue weighted by Crippen LogP contribution is -2.35. The van der Waals surface area contributed by atoms with Crippen molar-refractivity contribution >= 4 is 17.4 Å². The average molecular weight is 293 g/mol. The summed E-state index contributed by atoms with van der Waals surface area (Å²) in [7, 11) is 0. The molecule has 0 amide bonds. The zero-order valence-electron chi connectivity index (χ0n) is 10.3. The fourth-order valence-electron chi connectivity index (χ4n) is 2.25. The van der Waals surface area contributed by atoms with Crippen molar-refractivity contribution in [1.29, 1.82) is 0 Å². The van der Waals surface area contributed by atoms with Gasteiger partial charge in [0.2, 0.25) is 0 Å². The van der Waals surface area contributed by atoms with E-state index in [2.05, 4.69) is 0 Å². The highest BCUT2D eigenvalue weighted by Gasteiger charge is 2.43. The molecule has 1 aliphatic heterocycles. The summed E-state index contributed by atoms with van der Waals surface area (Å²) in [5, 5.41) is 9.40. The van der Waals surface area contributed by atoms with Gasteiger partial charge in [-0.25, -0.2) is 0 Å². The molecule has 3 rings (SSSR count). The minimum Gasteiger partial charge on any atom is -0.506 e. The van der Waals surface area contributed by atoms with Crippen LogP contribution in [-0.4, -0.2) is 10.9 Å². The summed E-state index contributed by atoms with van der Waals surface area (Å²) in [6.07, 6.45) is -0.479. The number of rotatable bonds is 1. The van der Waals surface area contributed by atoms with Gasteiger partial charge in [0.05, 0.1) is 17.0 Å². The molecule has 0 saturated heterocycles. The maximum atomic E-state index is 14.9. The molecule has 3 nitrogen and oxygen atoms in total. The third-order valence-corrected chi connectivity index (χ3v) is 3.61. The number of Topliss-reactive ketones (excluding diaryl/α,β-unsaturated/α-hetero) is 1. The molecule has 2 aromatic rings. The Hall–Kier alpha value is -2.07. The molecule has 0 radical (unpaired) electrons. The minimum atomic E-state index is -2.22. The highest BCUT2D eigenvalue weighted by Crippen LogP contribution is 2.45. The van der Waals surface area contributed by atoms with E-state index in [1.807, 2.05) is 0 Å². The summed E-state index contributed by atoms with van der Waals surface area (Å²) in [6, 6.07) is 10.8. The van der Waals surface area contributed by atoms with Crippen LogP contribution in [0.4, 0.5) is 4.39 Å². The number of halogens is 2. The number of aromatic hydroxyl groups is 1. The van der Waals surface area contributed by atoms with Crippen LogP contribution in [0.5, 0.6) is 11.5 Å². The van der Waals surface area contributed by atoms with Crippen molar-refractivity contribution in [2.45, 2.75) is 12.3 Å². The van der Waals surface area contributed by atoms with Gasteiger partial charge in [-0.15, -0.1) is 0 Å². The predicted octanol–water partition coefficient (Wildman–Crippen LogP) is 3.83. The van der Waals surface area contributed by atoms with Crippen molar-refractivity contribution < 1.29 is 19.0 Å². The Morgan fingerprint density at radius 1 is 1.20 bits per heavy atom. The highest BCUT2D eigenvalue weighted by molar-refractivity contribution is 6.35. The summed E-state index contributed by atoms with van der Waals surface area (Å²) >= 11 is 5.87. The van der Waals surface area contributed by atoms with Gasteiger partial charge in [-0.3, -0.25) is 4.79 Å². The molecule has 0 spiro atoms. The second kappa shape index (κ2) is 4.49. The zero-order valence-corrected chi connectivity index (χ0v) is 11.0. The molecule has 1 N–H and O–H groups in total. The number of carbonyl (C=O) groups excluding carboxylic acids is 1. The topological polar surface area (TPSA) is 46.5 Å². The van der Waals surface area contributed by atoms with E-state index in [-0.39, 0.29) is 27.6 Å². The van der Waals surface area contributed by atoms with E-state index >= 15 is 0 Å². The van der Waals surface area contributed by atoms with Gasteiger partial charge < -0.3 is 9.84 Å². The number of ketones is 1. The van der Waals surface area contributed by atoms with Crippen molar-refractivity contribution in [1.82, 2.24) is 0 Å². The van der Waals surface area contributed by atoms with E-state index in [1.54, 1.807) is 30.3 Å². The van der Waals surface area contributed by atoms with Crippen LogP contribution in [0.1, 0.15) is 22.3 Å². The van der Waals surface area contributed by atoms with Crippen molar-refractivity contribution in [3.63, 3.8) is 0 Å². The van der Waals surface area contributed by atoms with Crippen LogP contribution in [0, 0.1) is 0 Å². The standard InChI is InChI=1S/C15H10ClFO3/c16-14-10(18)6-7-12-13(14)11(19)8-15(17,20-12)9-4-2-1-3-5-9/h1-7,18H,8H2. The van der Waals surface area contributed by atoms with Gasteiger partial charge in [0.15, 0.2) is 5.78 Å². The van der Waals surface area contributed by atoms with E-state index < -0.39 is 18.1 Å². The van der Waals surface area contributed by atoms with Gasteiger partial charge in [0.1, 0.15) is 11.5 Å². The number of ether oxygens (including phenoxy) is 1. The van der Waals surface area contributed by atoms with E-state index in [4.69, 9.17) is 16.3 Å². The lowest BCUT2D eigenvalue weighted by Gasteiger charge is -2.31. The van der Waals surface area contributed by atoms with Gasteiger partial charge in [0.25, 0.3) is 5.85 Å². The molecular weight excluding hydrogens is 283 g/mol. The Balaban J connectivity index is 2.10. The number of benzene rings is 2. The number of alkyl halides is 1. The summed E-state index contributed by atoms with van der Waals surface area (Å²) in [5.74, 6) is -2.91. The third kappa shape index (κ3) is 1.93. The Morgan fingerprint density at radius 2 is 1.90 bits per heavy atom.